The van der Waals surface area contributed by atoms with Crippen LogP contribution in [0.3, 0.4) is 0 Å². The molecule has 0 aromatic carbocycles. The van der Waals surface area contributed by atoms with Crippen LogP contribution in [0.5, 0.6) is 0 Å². The molecule has 0 radical (unpaired) electrons. The summed E-state index contributed by atoms with van der Waals surface area (Å²) in [6.45, 7) is 0.667. The van der Waals surface area contributed by atoms with Crippen molar-refractivity contribution < 1.29 is 8.42 Å². The third kappa shape index (κ3) is 4.97. The topological polar surface area (TPSA) is 75.5 Å². The third-order valence-electron chi connectivity index (χ3n) is 3.15. The van der Waals surface area contributed by atoms with Crippen LogP contribution in [-0.2, 0) is 23.4 Å². The van der Waals surface area contributed by atoms with Gasteiger partial charge in [0.15, 0.2) is 15.8 Å². The minimum atomic E-state index is -2.86. The smallest absolute Gasteiger partial charge is 0.191 e. The molecule has 6 nitrogen and oxygen atoms in total. The number of hydrogen-bond donors (Lipinski definition) is 2. The lowest BCUT2D eigenvalue weighted by Gasteiger charge is -2.15. The predicted octanol–water partition coefficient (Wildman–Crippen LogP) is 0.495. The van der Waals surface area contributed by atoms with Crippen molar-refractivity contribution >= 4 is 39.8 Å². The van der Waals surface area contributed by atoms with Crippen LogP contribution < -0.4 is 10.6 Å². The van der Waals surface area contributed by atoms with E-state index in [1.165, 1.54) is 0 Å². The van der Waals surface area contributed by atoms with Crippen molar-refractivity contribution in [3.8, 4) is 0 Å². The molecule has 0 amide bonds. The number of aryl methyl sites for hydroxylation is 1. The van der Waals surface area contributed by atoms with Crippen LogP contribution in [0.25, 0.3) is 0 Å². The molecule has 20 heavy (non-hydrogen) atoms. The monoisotopic (exact) mass is 412 g/mol. The zero-order valence-electron chi connectivity index (χ0n) is 11.7. The van der Waals surface area contributed by atoms with E-state index < -0.39 is 9.84 Å². The molecule has 1 aromatic rings. The Bertz CT molecular complexity index is 568. The van der Waals surface area contributed by atoms with Gasteiger partial charge in [0.1, 0.15) is 0 Å². The number of guanidine groups is 1. The molecule has 1 aliphatic rings. The highest BCUT2D eigenvalue weighted by atomic mass is 127. The molecule has 2 N–H and O–H groups in total. The van der Waals surface area contributed by atoms with Gasteiger partial charge in [-0.2, -0.15) is 0 Å². The first kappa shape index (κ1) is 17.3. The predicted molar refractivity (Wildman–Crippen MR) is 91.2 cm³/mol. The van der Waals surface area contributed by atoms with Crippen molar-refractivity contribution in [2.45, 2.75) is 19.0 Å². The Hall–Kier alpha value is -0.770. The molecule has 0 aliphatic carbocycles. The Morgan fingerprint density at radius 2 is 2.30 bits per heavy atom. The molecule has 1 atom stereocenters. The van der Waals surface area contributed by atoms with Crippen molar-refractivity contribution in [2.24, 2.45) is 12.0 Å². The van der Waals surface area contributed by atoms with Gasteiger partial charge >= 0.3 is 0 Å². The van der Waals surface area contributed by atoms with E-state index in [4.69, 9.17) is 0 Å². The van der Waals surface area contributed by atoms with E-state index in [0.29, 0.717) is 18.9 Å². The summed E-state index contributed by atoms with van der Waals surface area (Å²) in [7, 11) is 0.795. The lowest BCUT2D eigenvalue weighted by Crippen LogP contribution is -2.43. The van der Waals surface area contributed by atoms with Crippen LogP contribution >= 0.6 is 24.0 Å². The quantitative estimate of drug-likeness (QED) is 0.431. The highest BCUT2D eigenvalue weighted by Gasteiger charge is 2.28. The summed E-state index contributed by atoms with van der Waals surface area (Å²) in [5, 5.41) is 6.34. The van der Waals surface area contributed by atoms with Gasteiger partial charge in [-0.3, -0.25) is 4.99 Å². The molecule has 0 bridgehead atoms. The number of aliphatic imine (C=N–C) groups is 1. The average molecular weight is 412 g/mol. The molecule has 1 unspecified atom stereocenters. The maximum absolute atomic E-state index is 11.4. The van der Waals surface area contributed by atoms with E-state index in [9.17, 15) is 8.42 Å². The van der Waals surface area contributed by atoms with Gasteiger partial charge < -0.3 is 15.2 Å². The highest BCUT2D eigenvalue weighted by Crippen LogP contribution is 2.11. The zero-order valence-corrected chi connectivity index (χ0v) is 14.8. The summed E-state index contributed by atoms with van der Waals surface area (Å²) in [6.07, 6.45) is 4.66. The van der Waals surface area contributed by atoms with Gasteiger partial charge in [0.2, 0.25) is 0 Å². The van der Waals surface area contributed by atoms with E-state index in [2.05, 4.69) is 15.6 Å². The van der Waals surface area contributed by atoms with Crippen molar-refractivity contribution in [3.05, 3.63) is 24.0 Å². The van der Waals surface area contributed by atoms with Crippen LogP contribution in [-0.4, -0.2) is 43.5 Å². The van der Waals surface area contributed by atoms with E-state index >= 15 is 0 Å². The summed E-state index contributed by atoms with van der Waals surface area (Å²) in [6, 6.07) is 1.99. The Morgan fingerprint density at radius 1 is 1.55 bits per heavy atom. The second kappa shape index (κ2) is 7.30. The molecule has 0 spiro atoms. The fourth-order valence-corrected chi connectivity index (χ4v) is 3.82. The Kier molecular flexibility index (Phi) is 6.31. The Labute approximate surface area is 137 Å². The number of hydrogen-bond acceptors (Lipinski definition) is 3. The molecule has 1 aliphatic heterocycles. The van der Waals surface area contributed by atoms with Gasteiger partial charge in [-0.25, -0.2) is 8.42 Å². The van der Waals surface area contributed by atoms with Crippen LogP contribution in [0.1, 0.15) is 12.0 Å². The molecule has 2 heterocycles. The lowest BCUT2D eigenvalue weighted by molar-refractivity contribution is 0.599. The fraction of sp³-hybridized carbons (Fsp3) is 0.583. The molecule has 1 fully saturated rings. The molecule has 2 rings (SSSR count). The number of aromatic nitrogens is 1. The summed E-state index contributed by atoms with van der Waals surface area (Å²) in [4.78, 5) is 4.11. The van der Waals surface area contributed by atoms with Crippen LogP contribution in [0.2, 0.25) is 0 Å². The Balaban J connectivity index is 0.00000200. The van der Waals surface area contributed by atoms with Crippen LogP contribution in [0.4, 0.5) is 0 Å². The van der Waals surface area contributed by atoms with Crippen LogP contribution in [0, 0.1) is 0 Å². The fourth-order valence-electron chi connectivity index (χ4n) is 2.15. The first-order chi connectivity index (χ1) is 8.98. The van der Waals surface area contributed by atoms with E-state index in [1.807, 2.05) is 30.1 Å². The van der Waals surface area contributed by atoms with Gasteiger partial charge in [-0.15, -0.1) is 24.0 Å². The maximum Gasteiger partial charge on any atom is 0.191 e. The SMILES string of the molecule is CN=C(NCc1ccn(C)c1)NC1CCS(=O)(=O)C1.I. The van der Waals surface area contributed by atoms with Gasteiger partial charge in [0.25, 0.3) is 0 Å². The number of nitrogens with one attached hydrogen (secondary N) is 2. The van der Waals surface area contributed by atoms with E-state index in [0.717, 1.165) is 5.56 Å². The molecule has 114 valence electrons. The largest absolute Gasteiger partial charge is 0.357 e. The van der Waals surface area contributed by atoms with E-state index in [-0.39, 0.29) is 41.5 Å². The minimum absolute atomic E-state index is 0. The second-order valence-corrected chi connectivity index (χ2v) is 7.08. The lowest BCUT2D eigenvalue weighted by atomic mass is 10.3. The molecule has 1 saturated heterocycles. The molecule has 1 aromatic heterocycles. The van der Waals surface area contributed by atoms with Gasteiger partial charge in [-0.05, 0) is 18.1 Å². The zero-order chi connectivity index (χ0) is 13.9. The average Bonchev–Trinajstić information content (AvgIpc) is 2.90. The van der Waals surface area contributed by atoms with Crippen molar-refractivity contribution in [3.63, 3.8) is 0 Å². The second-order valence-electron chi connectivity index (χ2n) is 4.86. The minimum Gasteiger partial charge on any atom is -0.357 e. The molecule has 0 saturated carbocycles. The highest BCUT2D eigenvalue weighted by molar-refractivity contribution is 14.0. The number of halogens is 1. The molecular formula is C12H21IN4O2S. The number of sulfone groups is 1. The molecular weight excluding hydrogens is 391 g/mol. The van der Waals surface area contributed by atoms with Gasteiger partial charge in [-0.1, -0.05) is 0 Å². The molecule has 8 heteroatoms. The standard InChI is InChI=1S/C12H20N4O2S.HI/c1-13-12(14-7-10-3-5-16(2)8-10)15-11-4-6-19(17,18)9-11;/h3,5,8,11H,4,6-7,9H2,1-2H3,(H2,13,14,15);1H. The number of nitrogens with zero attached hydrogens (tertiary/aromatic N) is 2. The summed E-state index contributed by atoms with van der Waals surface area (Å²) < 4.78 is 24.8. The van der Waals surface area contributed by atoms with Crippen molar-refractivity contribution in [1.82, 2.24) is 15.2 Å². The van der Waals surface area contributed by atoms with Crippen molar-refractivity contribution in [2.75, 3.05) is 18.6 Å². The van der Waals surface area contributed by atoms with Gasteiger partial charge in [0, 0.05) is 39.1 Å². The van der Waals surface area contributed by atoms with Crippen LogP contribution in [0.15, 0.2) is 23.5 Å². The maximum atomic E-state index is 11.4. The Morgan fingerprint density at radius 3 is 2.80 bits per heavy atom. The first-order valence-corrected chi connectivity index (χ1v) is 8.09. The third-order valence-corrected chi connectivity index (χ3v) is 4.92. The van der Waals surface area contributed by atoms with Gasteiger partial charge in [0.05, 0.1) is 11.5 Å². The summed E-state index contributed by atoms with van der Waals surface area (Å²) in [5.74, 6) is 1.10. The summed E-state index contributed by atoms with van der Waals surface area (Å²) >= 11 is 0. The number of rotatable bonds is 3. The summed E-state index contributed by atoms with van der Waals surface area (Å²) in [5.41, 5.74) is 1.16. The first-order valence-electron chi connectivity index (χ1n) is 6.27. The van der Waals surface area contributed by atoms with E-state index in [1.54, 1.807) is 7.05 Å². The van der Waals surface area contributed by atoms with Crippen molar-refractivity contribution in [1.29, 1.82) is 0 Å². The normalized spacial score (nSPS) is 21.3.